The van der Waals surface area contributed by atoms with E-state index in [1.54, 1.807) is 12.1 Å². The van der Waals surface area contributed by atoms with Gasteiger partial charge in [0.1, 0.15) is 0 Å². The molecule has 3 unspecified atom stereocenters. The number of benzene rings is 1. The van der Waals surface area contributed by atoms with Crippen molar-refractivity contribution < 1.29 is 4.74 Å². The predicted octanol–water partition coefficient (Wildman–Crippen LogP) is 4.70. The lowest BCUT2D eigenvalue weighted by Crippen LogP contribution is -2.16. The molecular formula is C12H13Cl3O. The van der Waals surface area contributed by atoms with Gasteiger partial charge in [-0.2, -0.15) is 0 Å². The van der Waals surface area contributed by atoms with Gasteiger partial charge in [-0.1, -0.05) is 23.2 Å². The molecule has 1 aliphatic rings. The monoisotopic (exact) mass is 278 g/mol. The predicted molar refractivity (Wildman–Crippen MR) is 68.6 cm³/mol. The summed E-state index contributed by atoms with van der Waals surface area (Å²) in [5.74, 6) is 0.303. The van der Waals surface area contributed by atoms with Crippen LogP contribution in [-0.4, -0.2) is 12.7 Å². The Labute approximate surface area is 111 Å². The van der Waals surface area contributed by atoms with Crippen molar-refractivity contribution >= 4 is 34.8 Å². The highest BCUT2D eigenvalue weighted by Gasteiger charge is 2.32. The van der Waals surface area contributed by atoms with Gasteiger partial charge in [0.2, 0.25) is 0 Å². The third-order valence-electron chi connectivity index (χ3n) is 3.07. The van der Waals surface area contributed by atoms with Crippen molar-refractivity contribution in [1.82, 2.24) is 0 Å². The average Bonchev–Trinajstić information content (AvgIpc) is 2.67. The van der Waals surface area contributed by atoms with Gasteiger partial charge in [-0.05, 0) is 37.1 Å². The zero-order valence-electron chi connectivity index (χ0n) is 8.92. The molecule has 0 saturated carbocycles. The molecular weight excluding hydrogens is 266 g/mol. The van der Waals surface area contributed by atoms with Crippen LogP contribution in [0.3, 0.4) is 0 Å². The number of alkyl halides is 1. The minimum Gasteiger partial charge on any atom is -0.378 e. The first-order chi connectivity index (χ1) is 7.59. The highest BCUT2D eigenvalue weighted by atomic mass is 35.5. The Kier molecular flexibility index (Phi) is 4.01. The van der Waals surface area contributed by atoms with Crippen LogP contribution < -0.4 is 0 Å². The molecule has 1 nitrogen and oxygen atoms in total. The van der Waals surface area contributed by atoms with Crippen molar-refractivity contribution in [2.24, 2.45) is 5.92 Å². The Balaban J connectivity index is 2.25. The first-order valence-corrected chi connectivity index (χ1v) is 6.49. The van der Waals surface area contributed by atoms with Crippen LogP contribution in [0.15, 0.2) is 18.2 Å². The molecule has 4 heteroatoms. The lowest BCUT2D eigenvalue weighted by atomic mass is 9.93. The minimum atomic E-state index is -0.135. The first-order valence-electron chi connectivity index (χ1n) is 5.30. The first kappa shape index (κ1) is 12.5. The Morgan fingerprint density at radius 3 is 2.75 bits per heavy atom. The summed E-state index contributed by atoms with van der Waals surface area (Å²) in [7, 11) is 0. The highest BCUT2D eigenvalue weighted by Crippen LogP contribution is 2.41. The topological polar surface area (TPSA) is 9.23 Å². The third kappa shape index (κ3) is 2.48. The maximum Gasteiger partial charge on any atom is 0.0654 e. The van der Waals surface area contributed by atoms with Gasteiger partial charge in [-0.15, -0.1) is 11.6 Å². The van der Waals surface area contributed by atoms with E-state index in [1.807, 2.05) is 13.0 Å². The maximum absolute atomic E-state index is 6.46. The van der Waals surface area contributed by atoms with Crippen LogP contribution in [0.5, 0.6) is 0 Å². The Morgan fingerprint density at radius 2 is 2.12 bits per heavy atom. The van der Waals surface area contributed by atoms with Crippen LogP contribution in [-0.2, 0) is 4.74 Å². The van der Waals surface area contributed by atoms with E-state index < -0.39 is 0 Å². The second-order valence-corrected chi connectivity index (χ2v) is 5.41. The molecule has 1 fully saturated rings. The number of rotatable bonds is 2. The largest absolute Gasteiger partial charge is 0.378 e. The lowest BCUT2D eigenvalue weighted by Gasteiger charge is -2.21. The van der Waals surface area contributed by atoms with Gasteiger partial charge in [0.25, 0.3) is 0 Å². The van der Waals surface area contributed by atoms with Gasteiger partial charge in [-0.3, -0.25) is 0 Å². The van der Waals surface area contributed by atoms with Crippen LogP contribution in [0.1, 0.15) is 24.3 Å². The van der Waals surface area contributed by atoms with Crippen LogP contribution >= 0.6 is 34.8 Å². The van der Waals surface area contributed by atoms with Crippen LogP contribution in [0.2, 0.25) is 10.0 Å². The van der Waals surface area contributed by atoms with Gasteiger partial charge in [-0.25, -0.2) is 0 Å². The molecule has 2 rings (SSSR count). The number of ether oxygens (including phenoxy) is 1. The van der Waals surface area contributed by atoms with E-state index in [4.69, 9.17) is 39.5 Å². The molecule has 0 bridgehead atoms. The summed E-state index contributed by atoms with van der Waals surface area (Å²) in [6, 6.07) is 5.40. The van der Waals surface area contributed by atoms with Crippen LogP contribution in [0, 0.1) is 5.92 Å². The molecule has 88 valence electrons. The number of hydrogen-bond donors (Lipinski definition) is 0. The Bertz CT molecular complexity index is 381. The van der Waals surface area contributed by atoms with Gasteiger partial charge in [0, 0.05) is 22.6 Å². The normalized spacial score (nSPS) is 27.0. The molecule has 0 radical (unpaired) electrons. The molecule has 1 heterocycles. The van der Waals surface area contributed by atoms with Crippen molar-refractivity contribution in [3.8, 4) is 0 Å². The molecule has 0 amide bonds. The fourth-order valence-corrected chi connectivity index (χ4v) is 3.07. The lowest BCUT2D eigenvalue weighted by molar-refractivity contribution is 0.105. The summed E-state index contributed by atoms with van der Waals surface area (Å²) in [6.07, 6.45) is 1.15. The smallest absolute Gasteiger partial charge is 0.0654 e. The minimum absolute atomic E-state index is 0.135. The summed E-state index contributed by atoms with van der Waals surface area (Å²) < 4.78 is 5.52. The van der Waals surface area contributed by atoms with E-state index in [0.29, 0.717) is 16.0 Å². The van der Waals surface area contributed by atoms with E-state index in [-0.39, 0.29) is 11.5 Å². The molecule has 0 spiro atoms. The van der Waals surface area contributed by atoms with Crippen molar-refractivity contribution in [3.05, 3.63) is 33.8 Å². The molecule has 0 aliphatic carbocycles. The number of halogens is 3. The molecule has 1 saturated heterocycles. The molecule has 1 aromatic carbocycles. The van der Waals surface area contributed by atoms with Gasteiger partial charge in [0.15, 0.2) is 0 Å². The molecule has 0 aromatic heterocycles. The molecule has 1 aliphatic heterocycles. The second-order valence-electron chi connectivity index (χ2n) is 4.10. The zero-order valence-corrected chi connectivity index (χ0v) is 11.2. The molecule has 1 aromatic rings. The quantitative estimate of drug-likeness (QED) is 0.713. The summed E-state index contributed by atoms with van der Waals surface area (Å²) in [4.78, 5) is 0. The molecule has 0 N–H and O–H groups in total. The molecule has 16 heavy (non-hydrogen) atoms. The second kappa shape index (κ2) is 5.14. The van der Waals surface area contributed by atoms with Gasteiger partial charge in [0.05, 0.1) is 11.5 Å². The van der Waals surface area contributed by atoms with E-state index in [1.165, 1.54) is 0 Å². The molecule has 3 atom stereocenters. The van der Waals surface area contributed by atoms with Crippen molar-refractivity contribution in [2.75, 3.05) is 6.61 Å². The summed E-state index contributed by atoms with van der Waals surface area (Å²) in [6.45, 7) is 2.82. The fraction of sp³-hybridized carbons (Fsp3) is 0.500. The Hall–Kier alpha value is 0.0500. The maximum atomic E-state index is 6.46. The van der Waals surface area contributed by atoms with Gasteiger partial charge >= 0.3 is 0 Å². The highest BCUT2D eigenvalue weighted by molar-refractivity contribution is 6.34. The van der Waals surface area contributed by atoms with Gasteiger partial charge < -0.3 is 4.74 Å². The van der Waals surface area contributed by atoms with E-state index in [0.717, 1.165) is 18.6 Å². The fourth-order valence-electron chi connectivity index (χ4n) is 2.09. The standard InChI is InChI=1S/C12H13Cl3O/c1-7-9(4-5-16-7)12(15)10-6-8(13)2-3-11(10)14/h2-3,6-7,9,12H,4-5H2,1H3. The van der Waals surface area contributed by atoms with Crippen LogP contribution in [0.4, 0.5) is 0 Å². The summed E-state index contributed by atoms with van der Waals surface area (Å²) in [5.41, 5.74) is 0.901. The van der Waals surface area contributed by atoms with Crippen molar-refractivity contribution in [3.63, 3.8) is 0 Å². The Morgan fingerprint density at radius 1 is 1.38 bits per heavy atom. The summed E-state index contributed by atoms with van der Waals surface area (Å²) >= 11 is 18.6. The SMILES string of the molecule is CC1OCCC1C(Cl)c1cc(Cl)ccc1Cl. The zero-order chi connectivity index (χ0) is 11.7. The van der Waals surface area contributed by atoms with E-state index in [2.05, 4.69) is 0 Å². The number of hydrogen-bond acceptors (Lipinski definition) is 1. The van der Waals surface area contributed by atoms with Crippen molar-refractivity contribution in [1.29, 1.82) is 0 Å². The van der Waals surface area contributed by atoms with Crippen molar-refractivity contribution in [2.45, 2.75) is 24.8 Å². The summed E-state index contributed by atoms with van der Waals surface area (Å²) in [5, 5.41) is 1.20. The van der Waals surface area contributed by atoms with E-state index >= 15 is 0 Å². The third-order valence-corrected chi connectivity index (χ3v) is 4.20. The average molecular weight is 280 g/mol. The van der Waals surface area contributed by atoms with Crippen LogP contribution in [0.25, 0.3) is 0 Å². The van der Waals surface area contributed by atoms with E-state index in [9.17, 15) is 0 Å².